The largest absolute Gasteiger partial charge is 0.383 e. The summed E-state index contributed by atoms with van der Waals surface area (Å²) in [6.07, 6.45) is 3.01. The molecule has 0 saturated carbocycles. The van der Waals surface area contributed by atoms with E-state index in [0.29, 0.717) is 31.2 Å². The first-order chi connectivity index (χ1) is 9.81. The van der Waals surface area contributed by atoms with Crippen molar-refractivity contribution in [3.05, 3.63) is 41.8 Å². The number of ether oxygens (including phenoxy) is 1. The van der Waals surface area contributed by atoms with Gasteiger partial charge in [0.15, 0.2) is 5.82 Å². The van der Waals surface area contributed by atoms with Gasteiger partial charge in [-0.25, -0.2) is 0 Å². The molecule has 0 spiro atoms. The van der Waals surface area contributed by atoms with Crippen molar-refractivity contribution in [2.75, 3.05) is 20.3 Å². The van der Waals surface area contributed by atoms with E-state index < -0.39 is 0 Å². The Kier molecular flexibility index (Phi) is 5.64. The highest BCUT2D eigenvalue weighted by atomic mass is 16.5. The maximum absolute atomic E-state index is 5.28. The smallest absolute Gasteiger partial charge is 0.228 e. The van der Waals surface area contributed by atoms with E-state index in [-0.39, 0.29) is 6.04 Å². The second-order valence-corrected chi connectivity index (χ2v) is 4.52. The summed E-state index contributed by atoms with van der Waals surface area (Å²) in [5.74, 6) is 1.28. The number of likely N-dealkylation sites (N-methyl/N-ethyl adjacent to an activating group) is 1. The Morgan fingerprint density at radius 1 is 1.40 bits per heavy atom. The maximum Gasteiger partial charge on any atom is 0.228 e. The van der Waals surface area contributed by atoms with Crippen molar-refractivity contribution in [3.63, 3.8) is 0 Å². The maximum atomic E-state index is 5.28. The van der Waals surface area contributed by atoms with Gasteiger partial charge in [-0.1, -0.05) is 18.1 Å². The number of hydrogen-bond donors (Lipinski definition) is 1. The molecule has 2 aromatic heterocycles. The van der Waals surface area contributed by atoms with E-state index in [2.05, 4.69) is 27.4 Å². The van der Waals surface area contributed by atoms with Crippen LogP contribution >= 0.6 is 0 Å². The number of methoxy groups -OCH3 is 1. The van der Waals surface area contributed by atoms with E-state index in [1.54, 1.807) is 13.3 Å². The van der Waals surface area contributed by atoms with Gasteiger partial charge in [-0.05, 0) is 18.7 Å². The standard InChI is InChI=1S/C14H20N4O2/c1-3-15-12(10-19-2)9-14-17-13(18-20-14)8-11-6-4-5-7-16-11/h4-7,12,15H,3,8-10H2,1-2H3. The SMILES string of the molecule is CCNC(COC)Cc1nc(Cc2ccccn2)no1. The van der Waals surface area contributed by atoms with Crippen molar-refractivity contribution in [1.82, 2.24) is 20.4 Å². The van der Waals surface area contributed by atoms with E-state index in [1.807, 2.05) is 18.2 Å². The zero-order valence-electron chi connectivity index (χ0n) is 11.9. The highest BCUT2D eigenvalue weighted by Crippen LogP contribution is 2.06. The average molecular weight is 276 g/mol. The molecular formula is C14H20N4O2. The van der Waals surface area contributed by atoms with E-state index >= 15 is 0 Å². The minimum Gasteiger partial charge on any atom is -0.383 e. The number of nitrogens with zero attached hydrogens (tertiary/aromatic N) is 3. The van der Waals surface area contributed by atoms with Gasteiger partial charge in [0, 0.05) is 31.5 Å². The molecule has 6 heteroatoms. The van der Waals surface area contributed by atoms with Gasteiger partial charge in [0.25, 0.3) is 0 Å². The average Bonchev–Trinajstić information content (AvgIpc) is 2.88. The van der Waals surface area contributed by atoms with Gasteiger partial charge in [-0.15, -0.1) is 0 Å². The molecule has 0 aliphatic heterocycles. The summed E-state index contributed by atoms with van der Waals surface area (Å²) < 4.78 is 10.4. The van der Waals surface area contributed by atoms with Crippen LogP contribution in [0.15, 0.2) is 28.9 Å². The monoisotopic (exact) mass is 276 g/mol. The fraction of sp³-hybridized carbons (Fsp3) is 0.500. The lowest BCUT2D eigenvalue weighted by Crippen LogP contribution is -2.35. The Bertz CT molecular complexity index is 495. The number of pyridine rings is 1. The summed E-state index contributed by atoms with van der Waals surface area (Å²) in [5.41, 5.74) is 0.931. The highest BCUT2D eigenvalue weighted by Gasteiger charge is 2.14. The lowest BCUT2D eigenvalue weighted by molar-refractivity contribution is 0.162. The molecule has 2 heterocycles. The Hall–Kier alpha value is -1.79. The fourth-order valence-electron chi connectivity index (χ4n) is 2.00. The fourth-order valence-corrected chi connectivity index (χ4v) is 2.00. The predicted molar refractivity (Wildman–Crippen MR) is 74.4 cm³/mol. The van der Waals surface area contributed by atoms with Crippen LogP contribution < -0.4 is 5.32 Å². The summed E-state index contributed by atoms with van der Waals surface area (Å²) >= 11 is 0. The van der Waals surface area contributed by atoms with Gasteiger partial charge in [-0.3, -0.25) is 4.98 Å². The van der Waals surface area contributed by atoms with Crippen LogP contribution in [0.1, 0.15) is 24.3 Å². The lowest BCUT2D eigenvalue weighted by atomic mass is 10.2. The molecule has 0 aliphatic rings. The normalized spacial score (nSPS) is 12.5. The zero-order chi connectivity index (χ0) is 14.2. The van der Waals surface area contributed by atoms with Crippen molar-refractivity contribution in [2.45, 2.75) is 25.8 Å². The summed E-state index contributed by atoms with van der Waals surface area (Å²) in [5, 5.41) is 7.32. The Labute approximate surface area is 118 Å². The van der Waals surface area contributed by atoms with Crippen molar-refractivity contribution >= 4 is 0 Å². The summed E-state index contributed by atoms with van der Waals surface area (Å²) in [4.78, 5) is 8.65. The third-order valence-corrected chi connectivity index (χ3v) is 2.86. The highest BCUT2D eigenvalue weighted by molar-refractivity contribution is 5.09. The van der Waals surface area contributed by atoms with Crippen LogP contribution in [0.3, 0.4) is 0 Å². The zero-order valence-corrected chi connectivity index (χ0v) is 11.9. The molecule has 2 rings (SSSR count). The molecule has 0 radical (unpaired) electrons. The molecule has 1 N–H and O–H groups in total. The minimum atomic E-state index is 0.188. The number of aromatic nitrogens is 3. The van der Waals surface area contributed by atoms with Crippen molar-refractivity contribution in [2.24, 2.45) is 0 Å². The quantitative estimate of drug-likeness (QED) is 0.781. The van der Waals surface area contributed by atoms with Crippen LogP contribution in [0.25, 0.3) is 0 Å². The first kappa shape index (κ1) is 14.6. The van der Waals surface area contributed by atoms with Gasteiger partial charge >= 0.3 is 0 Å². The lowest BCUT2D eigenvalue weighted by Gasteiger charge is -2.14. The Morgan fingerprint density at radius 3 is 3.00 bits per heavy atom. The van der Waals surface area contributed by atoms with Gasteiger partial charge < -0.3 is 14.6 Å². The van der Waals surface area contributed by atoms with Crippen molar-refractivity contribution in [3.8, 4) is 0 Å². The summed E-state index contributed by atoms with van der Waals surface area (Å²) in [6, 6.07) is 5.97. The molecule has 108 valence electrons. The molecule has 2 aromatic rings. The second-order valence-electron chi connectivity index (χ2n) is 4.52. The molecule has 0 amide bonds. The molecule has 0 aromatic carbocycles. The van der Waals surface area contributed by atoms with Gasteiger partial charge in [-0.2, -0.15) is 4.98 Å². The molecule has 0 bridgehead atoms. The minimum absolute atomic E-state index is 0.188. The molecule has 0 aliphatic carbocycles. The van der Waals surface area contributed by atoms with Crippen molar-refractivity contribution in [1.29, 1.82) is 0 Å². The van der Waals surface area contributed by atoms with Crippen LogP contribution in [-0.2, 0) is 17.6 Å². The number of hydrogen-bond acceptors (Lipinski definition) is 6. The molecule has 0 saturated heterocycles. The van der Waals surface area contributed by atoms with Gasteiger partial charge in [0.2, 0.25) is 5.89 Å². The molecule has 6 nitrogen and oxygen atoms in total. The third-order valence-electron chi connectivity index (χ3n) is 2.86. The molecule has 1 atom stereocenters. The summed E-state index contributed by atoms with van der Waals surface area (Å²) in [6.45, 7) is 3.55. The van der Waals surface area contributed by atoms with Crippen LogP contribution in [0.5, 0.6) is 0 Å². The van der Waals surface area contributed by atoms with Gasteiger partial charge in [0.05, 0.1) is 13.0 Å². The van der Waals surface area contributed by atoms with Crippen molar-refractivity contribution < 1.29 is 9.26 Å². The van der Waals surface area contributed by atoms with E-state index in [4.69, 9.17) is 9.26 Å². The Balaban J connectivity index is 1.94. The van der Waals surface area contributed by atoms with E-state index in [9.17, 15) is 0 Å². The first-order valence-corrected chi connectivity index (χ1v) is 6.75. The predicted octanol–water partition coefficient (Wildman–Crippen LogP) is 1.22. The molecular weight excluding hydrogens is 256 g/mol. The molecule has 1 unspecified atom stereocenters. The Morgan fingerprint density at radius 2 is 2.30 bits per heavy atom. The van der Waals surface area contributed by atoms with Crippen LogP contribution in [0.2, 0.25) is 0 Å². The molecule has 20 heavy (non-hydrogen) atoms. The van der Waals surface area contributed by atoms with E-state index in [0.717, 1.165) is 12.2 Å². The van der Waals surface area contributed by atoms with Crippen LogP contribution in [0.4, 0.5) is 0 Å². The van der Waals surface area contributed by atoms with Crippen LogP contribution in [0, 0.1) is 0 Å². The van der Waals surface area contributed by atoms with Gasteiger partial charge in [0.1, 0.15) is 0 Å². The topological polar surface area (TPSA) is 73.1 Å². The number of nitrogens with one attached hydrogen (secondary N) is 1. The molecule has 0 fully saturated rings. The van der Waals surface area contributed by atoms with Crippen LogP contribution in [-0.4, -0.2) is 41.4 Å². The second kappa shape index (κ2) is 7.72. The third kappa shape index (κ3) is 4.40. The number of rotatable bonds is 8. The first-order valence-electron chi connectivity index (χ1n) is 6.75. The summed E-state index contributed by atoms with van der Waals surface area (Å²) in [7, 11) is 1.69. The van der Waals surface area contributed by atoms with E-state index in [1.165, 1.54) is 0 Å².